The van der Waals surface area contributed by atoms with Gasteiger partial charge in [0.05, 0.1) is 38.1 Å². The highest BCUT2D eigenvalue weighted by atomic mass is 35.5. The van der Waals surface area contributed by atoms with E-state index in [0.717, 1.165) is 11.3 Å². The van der Waals surface area contributed by atoms with Crippen LogP contribution >= 0.6 is 11.6 Å². The van der Waals surface area contributed by atoms with E-state index in [1.807, 2.05) is 27.7 Å². The maximum atomic E-state index is 15.4. The van der Waals surface area contributed by atoms with Crippen molar-refractivity contribution in [2.45, 2.75) is 110 Å². The number of benzene rings is 2. The number of esters is 1. The van der Waals surface area contributed by atoms with Crippen LogP contribution in [0.15, 0.2) is 36.4 Å². The summed E-state index contributed by atoms with van der Waals surface area (Å²) < 4.78 is 41.8. The van der Waals surface area contributed by atoms with Gasteiger partial charge in [0.2, 0.25) is 5.91 Å². The molecule has 7 rings (SSSR count). The number of urea groups is 1. The van der Waals surface area contributed by atoms with Gasteiger partial charge in [0.15, 0.2) is 11.5 Å². The first-order valence-corrected chi connectivity index (χ1v) is 22.9. The van der Waals surface area contributed by atoms with Crippen molar-refractivity contribution in [3.05, 3.63) is 52.5 Å². The Balaban J connectivity index is 1.32. The summed E-state index contributed by atoms with van der Waals surface area (Å²) in [5.74, 6) is -2.56. The van der Waals surface area contributed by atoms with Gasteiger partial charge in [-0.1, -0.05) is 64.4 Å². The molecule has 0 radical (unpaired) electrons. The first-order valence-electron chi connectivity index (χ1n) is 22.6. The van der Waals surface area contributed by atoms with Crippen molar-refractivity contribution in [3.8, 4) is 17.2 Å². The fourth-order valence-electron chi connectivity index (χ4n) is 9.83. The van der Waals surface area contributed by atoms with Gasteiger partial charge < -0.3 is 53.8 Å². The molecule has 5 aliphatic rings. The van der Waals surface area contributed by atoms with Gasteiger partial charge in [-0.2, -0.15) is 0 Å². The Morgan fingerprint density at radius 2 is 1.60 bits per heavy atom. The van der Waals surface area contributed by atoms with Crippen LogP contribution in [0.5, 0.6) is 17.2 Å². The molecule has 3 N–H and O–H groups in total. The van der Waals surface area contributed by atoms with Crippen molar-refractivity contribution in [3.63, 3.8) is 0 Å². The first kappa shape index (κ1) is 51.1. The van der Waals surface area contributed by atoms with Crippen LogP contribution in [-0.4, -0.2) is 130 Å². The summed E-state index contributed by atoms with van der Waals surface area (Å²) in [6.45, 7) is 16.8. The lowest BCUT2D eigenvalue weighted by Crippen LogP contribution is -2.71. The summed E-state index contributed by atoms with van der Waals surface area (Å²) in [7, 11) is 3.03. The zero-order chi connectivity index (χ0) is 49.4. The second kappa shape index (κ2) is 19.4. The SMILES string of the molecule is COc1ccccc1C(=O)OC[C@@](NC(=O)C(NC(=O)N1CCN(CCCNC(=O)OC(C)(C)C)C(=O)C1=O)c1ccc(OC)c(OC)c1Cl)(B1O[C@@H]2C[C@@H]3C[C@@H](C3(C)C)[C@]2(C)O1)C(C)(C)C. The largest absolute Gasteiger partial charge is 0.496 e. The van der Waals surface area contributed by atoms with Crippen LogP contribution in [0.1, 0.15) is 104 Å². The normalized spacial score (nSPS) is 23.5. The molecule has 3 saturated carbocycles. The molecule has 6 amide bonds. The lowest BCUT2D eigenvalue weighted by atomic mass is 9.43. The van der Waals surface area contributed by atoms with Crippen molar-refractivity contribution >= 4 is 54.5 Å². The number of piperazine rings is 1. The number of hydrogen-bond donors (Lipinski definition) is 3. The van der Waals surface area contributed by atoms with Gasteiger partial charge in [-0.25, -0.2) is 14.4 Å². The standard InChI is InChI=1S/C47H65BClN5O13/c1-43(2,3)47(26-64-40(58)28-16-13-14-17-30(28)61-10,48-66-33-25-27-24-32(45(27,7)8)46(33,9)67-48)52-37(55)35(29-18-19-31(62-11)36(63-12)34(29)49)51-41(59)54-23-22-53(38(56)39(54)57)21-15-20-50-42(60)65-44(4,5)6/h13-14,16-19,27,32-33,35H,15,20-26H2,1-12H3,(H,50,60)(H,51,59)(H,52,55)/t27-,32-,33+,35?,46-,47-/m0/s1. The molecule has 1 unspecified atom stereocenters. The summed E-state index contributed by atoms with van der Waals surface area (Å²) in [4.78, 5) is 84.8. The number of carbonyl (C=O) groups is 6. The van der Waals surface area contributed by atoms with Crippen LogP contribution in [0, 0.1) is 22.7 Å². The third-order valence-electron chi connectivity index (χ3n) is 14.0. The van der Waals surface area contributed by atoms with E-state index in [0.29, 0.717) is 18.8 Å². The molecular formula is C47H65BClN5O13. The van der Waals surface area contributed by atoms with Crippen molar-refractivity contribution in [1.82, 2.24) is 25.8 Å². The van der Waals surface area contributed by atoms with Gasteiger partial charge >= 0.3 is 37.0 Å². The summed E-state index contributed by atoms with van der Waals surface area (Å²) in [6, 6.07) is 6.83. The van der Waals surface area contributed by atoms with Gasteiger partial charge in [-0.05, 0) is 87.8 Å². The van der Waals surface area contributed by atoms with Gasteiger partial charge in [0.1, 0.15) is 35.0 Å². The fraction of sp³-hybridized carbons (Fsp3) is 0.617. The average molecular weight is 954 g/mol. The molecule has 2 saturated heterocycles. The molecule has 2 aliphatic heterocycles. The zero-order valence-corrected chi connectivity index (χ0v) is 41.3. The monoisotopic (exact) mass is 953 g/mol. The molecule has 0 aromatic heterocycles. The summed E-state index contributed by atoms with van der Waals surface area (Å²) in [5.41, 5.74) is -3.97. The molecule has 2 heterocycles. The summed E-state index contributed by atoms with van der Waals surface area (Å²) in [5, 5.41) is 8.34. The minimum atomic E-state index is -1.67. The molecule has 67 heavy (non-hydrogen) atoms. The lowest BCUT2D eigenvalue weighted by Gasteiger charge is -2.64. The molecule has 3 aliphatic carbocycles. The maximum Gasteiger partial charge on any atom is 0.489 e. The third kappa shape index (κ3) is 10.0. The number of rotatable bonds is 15. The maximum absolute atomic E-state index is 15.4. The molecular weight excluding hydrogens is 889 g/mol. The van der Waals surface area contributed by atoms with Crippen LogP contribution in [-0.2, 0) is 33.2 Å². The highest BCUT2D eigenvalue weighted by Gasteiger charge is 2.72. The van der Waals surface area contributed by atoms with E-state index < -0.39 is 77.6 Å². The average Bonchev–Trinajstić information content (AvgIpc) is 3.63. The third-order valence-corrected chi connectivity index (χ3v) is 14.4. The molecule has 2 aromatic rings. The van der Waals surface area contributed by atoms with E-state index in [1.165, 1.54) is 38.4 Å². The summed E-state index contributed by atoms with van der Waals surface area (Å²) >= 11 is 6.98. The van der Waals surface area contributed by atoms with Crippen LogP contribution in [0.4, 0.5) is 9.59 Å². The van der Waals surface area contributed by atoms with Crippen LogP contribution < -0.4 is 30.2 Å². The number of methoxy groups -OCH3 is 3. The highest BCUT2D eigenvalue weighted by Crippen LogP contribution is 2.66. The number of halogens is 1. The Morgan fingerprint density at radius 3 is 2.22 bits per heavy atom. The van der Waals surface area contributed by atoms with Crippen LogP contribution in [0.25, 0.3) is 0 Å². The van der Waals surface area contributed by atoms with Crippen LogP contribution in [0.3, 0.4) is 0 Å². The number of para-hydroxylation sites is 1. The number of nitrogens with one attached hydrogen (secondary N) is 3. The predicted octanol–water partition coefficient (Wildman–Crippen LogP) is 5.73. The minimum absolute atomic E-state index is 0.0158. The highest BCUT2D eigenvalue weighted by molar-refractivity contribution is 6.50. The van der Waals surface area contributed by atoms with E-state index in [9.17, 15) is 24.0 Å². The van der Waals surface area contributed by atoms with Gasteiger partial charge in [0, 0.05) is 31.7 Å². The molecule has 5 fully saturated rings. The van der Waals surface area contributed by atoms with E-state index in [2.05, 4.69) is 29.8 Å². The Hall–Kier alpha value is -5.27. The Bertz CT molecular complexity index is 2250. The molecule has 2 aromatic carbocycles. The van der Waals surface area contributed by atoms with Crippen molar-refractivity contribution < 1.29 is 61.8 Å². The van der Waals surface area contributed by atoms with Gasteiger partial charge in [0.25, 0.3) is 0 Å². The van der Waals surface area contributed by atoms with Crippen molar-refractivity contribution in [1.29, 1.82) is 0 Å². The van der Waals surface area contributed by atoms with Crippen LogP contribution in [0.2, 0.25) is 5.02 Å². The van der Waals surface area contributed by atoms with E-state index >= 15 is 4.79 Å². The molecule has 0 spiro atoms. The van der Waals surface area contributed by atoms with Gasteiger partial charge in [-0.3, -0.25) is 19.3 Å². The lowest BCUT2D eigenvalue weighted by molar-refractivity contribution is -0.199. The van der Waals surface area contributed by atoms with E-state index in [-0.39, 0.29) is 77.0 Å². The first-order chi connectivity index (χ1) is 31.3. The number of carbonyl (C=O) groups excluding carboxylic acids is 6. The predicted molar refractivity (Wildman–Crippen MR) is 247 cm³/mol. The molecule has 20 heteroatoms. The number of hydrogen-bond acceptors (Lipinski definition) is 13. The van der Waals surface area contributed by atoms with E-state index in [4.69, 9.17) is 44.6 Å². The van der Waals surface area contributed by atoms with Gasteiger partial charge in [-0.15, -0.1) is 0 Å². The second-order valence-corrected chi connectivity index (χ2v) is 20.8. The zero-order valence-electron chi connectivity index (χ0n) is 40.6. The number of alkyl carbamates (subject to hydrolysis) is 1. The summed E-state index contributed by atoms with van der Waals surface area (Å²) in [6.07, 6.45) is 1.00. The van der Waals surface area contributed by atoms with E-state index in [1.54, 1.807) is 45.0 Å². The topological polar surface area (TPSA) is 210 Å². The minimum Gasteiger partial charge on any atom is -0.496 e. The number of ether oxygens (including phenoxy) is 5. The van der Waals surface area contributed by atoms with Crippen molar-refractivity contribution in [2.24, 2.45) is 22.7 Å². The molecule has 366 valence electrons. The second-order valence-electron chi connectivity index (χ2n) is 20.4. The number of amides is 6. The fourth-order valence-corrected chi connectivity index (χ4v) is 10.2. The molecule has 2 bridgehead atoms. The van der Waals surface area contributed by atoms with Crippen molar-refractivity contribution in [2.75, 3.05) is 54.1 Å². The number of imide groups is 1. The smallest absolute Gasteiger partial charge is 0.489 e. The quantitative estimate of drug-likeness (QED) is 0.0845. The Morgan fingerprint density at radius 1 is 0.910 bits per heavy atom. The molecule has 18 nitrogen and oxygen atoms in total. The number of nitrogens with zero attached hydrogens (tertiary/aromatic N) is 2. The molecule has 6 atom stereocenters. The Labute approximate surface area is 397 Å². The Kier molecular flexibility index (Phi) is 14.8.